The highest BCUT2D eigenvalue weighted by Gasteiger charge is 2.12. The molecule has 0 fully saturated rings. The molecule has 0 aromatic heterocycles. The van der Waals surface area contributed by atoms with Crippen LogP contribution in [0.2, 0.25) is 0 Å². The van der Waals surface area contributed by atoms with E-state index in [4.69, 9.17) is 4.74 Å². The minimum absolute atomic E-state index is 0.114. The highest BCUT2D eigenvalue weighted by atomic mass is 16.5. The quantitative estimate of drug-likeness (QED) is 0.818. The molecule has 5 heteroatoms. The highest BCUT2D eigenvalue weighted by Crippen LogP contribution is 2.20. The summed E-state index contributed by atoms with van der Waals surface area (Å²) >= 11 is 0. The average molecular weight is 326 g/mol. The molecule has 0 aliphatic rings. The number of hydrogen-bond donors (Lipinski definition) is 2. The molecule has 0 spiro atoms. The van der Waals surface area contributed by atoms with Crippen LogP contribution < -0.4 is 15.4 Å². The second-order valence-electron chi connectivity index (χ2n) is 5.22. The Balaban J connectivity index is 2.06. The van der Waals surface area contributed by atoms with E-state index < -0.39 is 0 Å². The first-order valence-corrected chi connectivity index (χ1v) is 8.07. The summed E-state index contributed by atoms with van der Waals surface area (Å²) in [6, 6.07) is 13.9. The molecular weight excluding hydrogens is 304 g/mol. The van der Waals surface area contributed by atoms with Crippen LogP contribution in [0.5, 0.6) is 5.75 Å². The molecule has 0 radical (unpaired) electrons. The molecular formula is C19H22N2O3. The second-order valence-corrected chi connectivity index (χ2v) is 5.22. The summed E-state index contributed by atoms with van der Waals surface area (Å²) in [7, 11) is 0. The van der Waals surface area contributed by atoms with Crippen molar-refractivity contribution >= 4 is 17.5 Å². The van der Waals surface area contributed by atoms with Crippen LogP contribution >= 0.6 is 0 Å². The number of ether oxygens (including phenoxy) is 1. The van der Waals surface area contributed by atoms with E-state index in [1.54, 1.807) is 42.5 Å². The number of anilines is 1. The van der Waals surface area contributed by atoms with E-state index in [1.165, 1.54) is 0 Å². The number of benzene rings is 2. The molecule has 2 aromatic carbocycles. The Morgan fingerprint density at radius 2 is 1.67 bits per heavy atom. The first kappa shape index (κ1) is 17.5. The van der Waals surface area contributed by atoms with Crippen molar-refractivity contribution in [3.05, 3.63) is 59.7 Å². The van der Waals surface area contributed by atoms with Crippen LogP contribution in [-0.2, 0) is 0 Å². The van der Waals surface area contributed by atoms with E-state index in [9.17, 15) is 9.59 Å². The Kier molecular flexibility index (Phi) is 6.37. The zero-order valence-electron chi connectivity index (χ0n) is 14.0. The maximum Gasteiger partial charge on any atom is 0.259 e. The third kappa shape index (κ3) is 4.59. The summed E-state index contributed by atoms with van der Waals surface area (Å²) in [6.07, 6.45) is 0.888. The number of hydrogen-bond acceptors (Lipinski definition) is 3. The fraction of sp³-hybridized carbons (Fsp3) is 0.263. The predicted octanol–water partition coefficient (Wildman–Crippen LogP) is 3.48. The molecule has 2 rings (SSSR count). The summed E-state index contributed by atoms with van der Waals surface area (Å²) in [5, 5.41) is 5.63. The Morgan fingerprint density at radius 3 is 2.33 bits per heavy atom. The lowest BCUT2D eigenvalue weighted by Gasteiger charge is -2.11. The molecule has 0 aliphatic carbocycles. The van der Waals surface area contributed by atoms with Gasteiger partial charge < -0.3 is 15.4 Å². The van der Waals surface area contributed by atoms with E-state index in [0.29, 0.717) is 35.7 Å². The maximum atomic E-state index is 12.4. The van der Waals surface area contributed by atoms with E-state index in [-0.39, 0.29) is 11.8 Å². The largest absolute Gasteiger partial charge is 0.493 e. The van der Waals surface area contributed by atoms with Gasteiger partial charge in [0, 0.05) is 17.8 Å². The monoisotopic (exact) mass is 326 g/mol. The third-order valence-electron chi connectivity index (χ3n) is 3.37. The van der Waals surface area contributed by atoms with E-state index in [2.05, 4.69) is 10.6 Å². The van der Waals surface area contributed by atoms with Gasteiger partial charge >= 0.3 is 0 Å². The van der Waals surface area contributed by atoms with Gasteiger partial charge in [-0.25, -0.2) is 0 Å². The van der Waals surface area contributed by atoms with Crippen molar-refractivity contribution in [2.75, 3.05) is 18.5 Å². The lowest BCUT2D eigenvalue weighted by molar-refractivity contribution is 0.0953. The third-order valence-corrected chi connectivity index (χ3v) is 3.37. The van der Waals surface area contributed by atoms with Crippen molar-refractivity contribution in [2.45, 2.75) is 20.3 Å². The predicted molar refractivity (Wildman–Crippen MR) is 94.6 cm³/mol. The summed E-state index contributed by atoms with van der Waals surface area (Å²) in [4.78, 5) is 24.3. The summed E-state index contributed by atoms with van der Waals surface area (Å²) in [5.74, 6) is 0.187. The van der Waals surface area contributed by atoms with E-state index in [0.717, 1.165) is 6.42 Å². The van der Waals surface area contributed by atoms with Crippen molar-refractivity contribution in [3.63, 3.8) is 0 Å². The van der Waals surface area contributed by atoms with Gasteiger partial charge in [-0.3, -0.25) is 9.59 Å². The molecule has 126 valence electrons. The van der Waals surface area contributed by atoms with Crippen LogP contribution in [0.4, 0.5) is 5.69 Å². The smallest absolute Gasteiger partial charge is 0.259 e. The van der Waals surface area contributed by atoms with Gasteiger partial charge in [0.05, 0.1) is 12.2 Å². The van der Waals surface area contributed by atoms with Crippen LogP contribution in [0.25, 0.3) is 0 Å². The van der Waals surface area contributed by atoms with Crippen molar-refractivity contribution in [2.24, 2.45) is 0 Å². The number of carbonyl (C=O) groups is 2. The van der Waals surface area contributed by atoms with Crippen LogP contribution in [0.3, 0.4) is 0 Å². The molecule has 0 heterocycles. The van der Waals surface area contributed by atoms with E-state index in [1.807, 2.05) is 19.9 Å². The van der Waals surface area contributed by atoms with Gasteiger partial charge in [-0.05, 0) is 49.7 Å². The molecule has 0 aliphatic heterocycles. The normalized spacial score (nSPS) is 10.1. The Morgan fingerprint density at radius 1 is 0.958 bits per heavy atom. The molecule has 24 heavy (non-hydrogen) atoms. The fourth-order valence-electron chi connectivity index (χ4n) is 2.18. The molecule has 2 aromatic rings. The second kappa shape index (κ2) is 8.72. The summed E-state index contributed by atoms with van der Waals surface area (Å²) < 4.78 is 5.47. The lowest BCUT2D eigenvalue weighted by atomic mass is 10.1. The van der Waals surface area contributed by atoms with Gasteiger partial charge in [0.15, 0.2) is 0 Å². The minimum atomic E-state index is -0.248. The first-order valence-electron chi connectivity index (χ1n) is 8.07. The number of para-hydroxylation sites is 1. The Bertz CT molecular complexity index is 696. The van der Waals surface area contributed by atoms with Crippen molar-refractivity contribution < 1.29 is 14.3 Å². The number of rotatable bonds is 7. The Hall–Kier alpha value is -2.82. The average Bonchev–Trinajstić information content (AvgIpc) is 2.61. The molecule has 5 nitrogen and oxygen atoms in total. The first-order chi connectivity index (χ1) is 11.7. The SMILES string of the molecule is CCCNC(=O)c1ccc(NC(=O)c2ccccc2OCC)cc1. The molecule has 2 N–H and O–H groups in total. The molecule has 0 bridgehead atoms. The molecule has 0 atom stereocenters. The lowest BCUT2D eigenvalue weighted by Crippen LogP contribution is -2.23. The minimum Gasteiger partial charge on any atom is -0.493 e. The molecule has 2 amide bonds. The van der Waals surface area contributed by atoms with E-state index >= 15 is 0 Å². The van der Waals surface area contributed by atoms with Crippen molar-refractivity contribution in [3.8, 4) is 5.75 Å². The summed E-state index contributed by atoms with van der Waals surface area (Å²) in [6.45, 7) is 5.01. The van der Waals surface area contributed by atoms with Crippen LogP contribution in [0, 0.1) is 0 Å². The van der Waals surface area contributed by atoms with Crippen LogP contribution in [0.15, 0.2) is 48.5 Å². The standard InChI is InChI=1S/C19H22N2O3/c1-3-13-20-18(22)14-9-11-15(12-10-14)21-19(23)16-7-5-6-8-17(16)24-4-2/h5-12H,3-4,13H2,1-2H3,(H,20,22)(H,21,23). The molecule has 0 unspecified atom stereocenters. The van der Waals surface area contributed by atoms with Gasteiger partial charge in [0.2, 0.25) is 0 Å². The Labute approximate surface area is 142 Å². The van der Waals surface area contributed by atoms with Gasteiger partial charge in [-0.15, -0.1) is 0 Å². The number of amides is 2. The van der Waals surface area contributed by atoms with Gasteiger partial charge in [0.1, 0.15) is 5.75 Å². The molecule has 0 saturated carbocycles. The topological polar surface area (TPSA) is 67.4 Å². The summed E-state index contributed by atoms with van der Waals surface area (Å²) in [5.41, 5.74) is 1.67. The van der Waals surface area contributed by atoms with Crippen molar-refractivity contribution in [1.29, 1.82) is 0 Å². The van der Waals surface area contributed by atoms with Gasteiger partial charge in [-0.2, -0.15) is 0 Å². The maximum absolute atomic E-state index is 12.4. The van der Waals surface area contributed by atoms with Crippen LogP contribution in [-0.4, -0.2) is 25.0 Å². The van der Waals surface area contributed by atoms with Crippen molar-refractivity contribution in [1.82, 2.24) is 5.32 Å². The highest BCUT2D eigenvalue weighted by molar-refractivity contribution is 6.06. The zero-order valence-corrected chi connectivity index (χ0v) is 14.0. The number of carbonyl (C=O) groups excluding carboxylic acids is 2. The zero-order chi connectivity index (χ0) is 17.4. The van der Waals surface area contributed by atoms with Gasteiger partial charge in [-0.1, -0.05) is 19.1 Å². The fourth-order valence-corrected chi connectivity index (χ4v) is 2.18. The van der Waals surface area contributed by atoms with Gasteiger partial charge in [0.25, 0.3) is 11.8 Å². The molecule has 0 saturated heterocycles. The number of nitrogens with one attached hydrogen (secondary N) is 2. The van der Waals surface area contributed by atoms with Crippen LogP contribution in [0.1, 0.15) is 41.0 Å².